The summed E-state index contributed by atoms with van der Waals surface area (Å²) in [4.78, 5) is 11.8. The molecule has 0 amide bonds. The van der Waals surface area contributed by atoms with Crippen molar-refractivity contribution >= 4 is 11.7 Å². The fourth-order valence-electron chi connectivity index (χ4n) is 2.86. The Morgan fingerprint density at radius 1 is 1.10 bits per heavy atom. The van der Waals surface area contributed by atoms with Crippen molar-refractivity contribution in [1.29, 1.82) is 0 Å². The number of para-hydroxylation sites is 1. The zero-order valence-corrected chi connectivity index (χ0v) is 11.1. The van der Waals surface area contributed by atoms with Gasteiger partial charge in [0.25, 0.3) is 0 Å². The first-order valence-corrected chi connectivity index (χ1v) is 6.58. The lowest BCUT2D eigenvalue weighted by molar-refractivity contribution is -0.142. The van der Waals surface area contributed by atoms with Crippen LogP contribution in [-0.4, -0.2) is 11.1 Å². The van der Waals surface area contributed by atoms with Crippen LogP contribution in [0.15, 0.2) is 42.5 Å². The largest absolute Gasteiger partial charge is 0.479 e. The maximum atomic E-state index is 13.8. The van der Waals surface area contributed by atoms with Crippen molar-refractivity contribution in [2.75, 3.05) is 5.32 Å². The molecule has 21 heavy (non-hydrogen) atoms. The lowest BCUT2D eigenvalue weighted by atomic mass is 9.91. The van der Waals surface area contributed by atoms with E-state index >= 15 is 0 Å². The van der Waals surface area contributed by atoms with E-state index in [0.717, 1.165) is 0 Å². The molecule has 0 saturated heterocycles. The van der Waals surface area contributed by atoms with E-state index in [4.69, 9.17) is 0 Å². The molecule has 2 aromatic rings. The van der Waals surface area contributed by atoms with E-state index in [2.05, 4.69) is 5.32 Å². The second-order valence-electron chi connectivity index (χ2n) is 5.08. The van der Waals surface area contributed by atoms with Crippen molar-refractivity contribution in [2.24, 2.45) is 0 Å². The molecule has 0 spiro atoms. The standard InChI is InChI=1S/C16H13F2NO2/c17-12-6-3-4-11-10(12)8-9-16(11,15(20)21)19-14-7-2-1-5-13(14)18/h1-7,19H,8-9H2,(H,20,21). The van der Waals surface area contributed by atoms with Crippen LogP contribution in [0.1, 0.15) is 17.5 Å². The van der Waals surface area contributed by atoms with Crippen molar-refractivity contribution in [3.63, 3.8) is 0 Å². The highest BCUT2D eigenvalue weighted by Gasteiger charge is 2.47. The van der Waals surface area contributed by atoms with Crippen LogP contribution < -0.4 is 5.32 Å². The highest BCUT2D eigenvalue weighted by molar-refractivity contribution is 5.86. The first-order chi connectivity index (χ1) is 10.0. The summed E-state index contributed by atoms with van der Waals surface area (Å²) in [5, 5.41) is 12.4. The van der Waals surface area contributed by atoms with Gasteiger partial charge in [-0.25, -0.2) is 13.6 Å². The molecule has 3 rings (SSSR count). The molecule has 0 bridgehead atoms. The van der Waals surface area contributed by atoms with Crippen LogP contribution in [0.2, 0.25) is 0 Å². The Hall–Kier alpha value is -2.43. The molecule has 1 aliphatic rings. The van der Waals surface area contributed by atoms with Gasteiger partial charge >= 0.3 is 5.97 Å². The number of anilines is 1. The monoisotopic (exact) mass is 289 g/mol. The van der Waals surface area contributed by atoms with Gasteiger partial charge in [0.1, 0.15) is 11.6 Å². The average molecular weight is 289 g/mol. The van der Waals surface area contributed by atoms with Crippen molar-refractivity contribution in [3.8, 4) is 0 Å². The zero-order chi connectivity index (χ0) is 15.0. The van der Waals surface area contributed by atoms with E-state index in [-0.39, 0.29) is 12.1 Å². The van der Waals surface area contributed by atoms with Crippen LogP contribution in [-0.2, 0) is 16.8 Å². The van der Waals surface area contributed by atoms with Crippen LogP contribution in [0.25, 0.3) is 0 Å². The van der Waals surface area contributed by atoms with Crippen molar-refractivity contribution < 1.29 is 18.7 Å². The number of hydrogen-bond donors (Lipinski definition) is 2. The summed E-state index contributed by atoms with van der Waals surface area (Å²) in [6.45, 7) is 0. The summed E-state index contributed by atoms with van der Waals surface area (Å²) in [7, 11) is 0. The molecule has 2 aromatic carbocycles. The summed E-state index contributed by atoms with van der Waals surface area (Å²) < 4.78 is 27.6. The Labute approximate surface area is 120 Å². The number of carboxylic acids is 1. The molecule has 3 nitrogen and oxygen atoms in total. The Morgan fingerprint density at radius 3 is 2.52 bits per heavy atom. The molecular formula is C16H13F2NO2. The predicted molar refractivity (Wildman–Crippen MR) is 74.1 cm³/mol. The Balaban J connectivity index is 2.11. The van der Waals surface area contributed by atoms with E-state index in [9.17, 15) is 18.7 Å². The third kappa shape index (κ3) is 2.05. The molecule has 0 radical (unpaired) electrons. The maximum Gasteiger partial charge on any atom is 0.334 e. The topological polar surface area (TPSA) is 49.3 Å². The van der Waals surface area contributed by atoms with Crippen molar-refractivity contribution in [3.05, 3.63) is 65.2 Å². The minimum Gasteiger partial charge on any atom is -0.479 e. The summed E-state index contributed by atoms with van der Waals surface area (Å²) in [5.74, 6) is -2.11. The highest BCUT2D eigenvalue weighted by Crippen LogP contribution is 2.41. The van der Waals surface area contributed by atoms with Crippen molar-refractivity contribution in [2.45, 2.75) is 18.4 Å². The van der Waals surface area contributed by atoms with Gasteiger partial charge in [0.15, 0.2) is 5.54 Å². The lowest BCUT2D eigenvalue weighted by Crippen LogP contribution is -2.41. The zero-order valence-electron chi connectivity index (χ0n) is 11.1. The number of aliphatic carboxylic acids is 1. The first kappa shape index (κ1) is 13.5. The van der Waals surface area contributed by atoms with E-state index < -0.39 is 23.1 Å². The smallest absolute Gasteiger partial charge is 0.334 e. The molecule has 1 atom stereocenters. The molecule has 0 heterocycles. The van der Waals surface area contributed by atoms with Crippen LogP contribution in [0.4, 0.5) is 14.5 Å². The summed E-state index contributed by atoms with van der Waals surface area (Å²) in [6, 6.07) is 10.2. The van der Waals surface area contributed by atoms with Gasteiger partial charge < -0.3 is 10.4 Å². The third-order valence-electron chi connectivity index (χ3n) is 3.92. The molecule has 1 unspecified atom stereocenters. The number of benzene rings is 2. The SMILES string of the molecule is O=C(O)C1(Nc2ccccc2F)CCc2c(F)cccc21. The van der Waals surface area contributed by atoms with E-state index in [1.165, 1.54) is 30.3 Å². The number of rotatable bonds is 3. The van der Waals surface area contributed by atoms with E-state index in [1.807, 2.05) is 0 Å². The summed E-state index contributed by atoms with van der Waals surface area (Å²) in [6.07, 6.45) is 0.475. The number of halogens is 2. The van der Waals surface area contributed by atoms with Gasteiger partial charge in [-0.05, 0) is 42.2 Å². The summed E-state index contributed by atoms with van der Waals surface area (Å²) >= 11 is 0. The Morgan fingerprint density at radius 2 is 1.81 bits per heavy atom. The van der Waals surface area contributed by atoms with Crippen molar-refractivity contribution in [1.82, 2.24) is 0 Å². The molecule has 0 saturated carbocycles. The number of fused-ring (bicyclic) bond motifs is 1. The first-order valence-electron chi connectivity index (χ1n) is 6.58. The molecule has 0 fully saturated rings. The molecule has 108 valence electrons. The highest BCUT2D eigenvalue weighted by atomic mass is 19.1. The number of nitrogens with one attached hydrogen (secondary N) is 1. The minimum atomic E-state index is -1.50. The van der Waals surface area contributed by atoms with E-state index in [1.54, 1.807) is 12.1 Å². The Kier molecular flexibility index (Phi) is 3.12. The fourth-order valence-corrected chi connectivity index (χ4v) is 2.86. The second-order valence-corrected chi connectivity index (χ2v) is 5.08. The maximum absolute atomic E-state index is 13.8. The minimum absolute atomic E-state index is 0.0945. The molecular weight excluding hydrogens is 276 g/mol. The molecule has 5 heteroatoms. The van der Waals surface area contributed by atoms with Gasteiger partial charge in [0, 0.05) is 0 Å². The fraction of sp³-hybridized carbons (Fsp3) is 0.188. The third-order valence-corrected chi connectivity index (χ3v) is 3.92. The van der Waals surface area contributed by atoms with Gasteiger partial charge in [-0.3, -0.25) is 0 Å². The quantitative estimate of drug-likeness (QED) is 0.911. The number of hydrogen-bond acceptors (Lipinski definition) is 2. The molecule has 0 aromatic heterocycles. The molecule has 1 aliphatic carbocycles. The second kappa shape index (κ2) is 4.84. The Bertz CT molecular complexity index is 717. The predicted octanol–water partition coefficient (Wildman–Crippen LogP) is 3.30. The lowest BCUT2D eigenvalue weighted by Gasteiger charge is -2.28. The van der Waals surface area contributed by atoms with Gasteiger partial charge in [-0.1, -0.05) is 24.3 Å². The average Bonchev–Trinajstić information content (AvgIpc) is 2.83. The molecule has 0 aliphatic heterocycles. The van der Waals surface area contributed by atoms with Crippen LogP contribution in [0.5, 0.6) is 0 Å². The van der Waals surface area contributed by atoms with Crippen LogP contribution in [0, 0.1) is 11.6 Å². The van der Waals surface area contributed by atoms with Crippen LogP contribution in [0.3, 0.4) is 0 Å². The van der Waals surface area contributed by atoms with Gasteiger partial charge in [-0.15, -0.1) is 0 Å². The van der Waals surface area contributed by atoms with Gasteiger partial charge in [0.2, 0.25) is 0 Å². The number of carboxylic acid groups (broad SMARTS) is 1. The van der Waals surface area contributed by atoms with Gasteiger partial charge in [0.05, 0.1) is 5.69 Å². The van der Waals surface area contributed by atoms with E-state index in [0.29, 0.717) is 17.5 Å². The number of carbonyl (C=O) groups is 1. The van der Waals surface area contributed by atoms with Gasteiger partial charge in [-0.2, -0.15) is 0 Å². The van der Waals surface area contributed by atoms with Crippen LogP contribution >= 0.6 is 0 Å². The molecule has 2 N–H and O–H groups in total. The summed E-state index contributed by atoms with van der Waals surface area (Å²) in [5.41, 5.74) is -0.668. The normalized spacial score (nSPS) is 20.1.